The SMILES string of the molecule is CCCC(OCC)C(=O)N1CC(Cc2c(F)cccc2F)C1. The van der Waals surface area contributed by atoms with Gasteiger partial charge in [-0.2, -0.15) is 0 Å². The zero-order chi connectivity index (χ0) is 16.1. The zero-order valence-electron chi connectivity index (χ0n) is 13.1. The molecule has 1 unspecified atom stereocenters. The maximum absolute atomic E-state index is 13.6. The van der Waals surface area contributed by atoms with Crippen molar-refractivity contribution < 1.29 is 18.3 Å². The predicted molar refractivity (Wildman–Crippen MR) is 80.5 cm³/mol. The smallest absolute Gasteiger partial charge is 0.251 e. The summed E-state index contributed by atoms with van der Waals surface area (Å²) in [5, 5.41) is 0. The molecule has 0 bridgehead atoms. The van der Waals surface area contributed by atoms with Crippen molar-refractivity contribution in [3.05, 3.63) is 35.4 Å². The molecule has 1 aliphatic rings. The molecule has 1 aromatic rings. The highest BCUT2D eigenvalue weighted by molar-refractivity contribution is 5.81. The first-order chi connectivity index (χ1) is 10.6. The number of likely N-dealkylation sites (tertiary alicyclic amines) is 1. The first kappa shape index (κ1) is 16.9. The molecule has 0 radical (unpaired) electrons. The van der Waals surface area contributed by atoms with Gasteiger partial charge in [-0.3, -0.25) is 4.79 Å². The molecule has 5 heteroatoms. The van der Waals surface area contributed by atoms with Gasteiger partial charge in [0.25, 0.3) is 5.91 Å². The monoisotopic (exact) mass is 311 g/mol. The Hall–Kier alpha value is -1.49. The van der Waals surface area contributed by atoms with E-state index in [0.717, 1.165) is 6.42 Å². The maximum Gasteiger partial charge on any atom is 0.251 e. The summed E-state index contributed by atoms with van der Waals surface area (Å²) < 4.78 is 32.7. The highest BCUT2D eigenvalue weighted by atomic mass is 19.1. The molecular weight excluding hydrogens is 288 g/mol. The van der Waals surface area contributed by atoms with Crippen LogP contribution < -0.4 is 0 Å². The van der Waals surface area contributed by atoms with Crippen molar-refractivity contribution in [2.24, 2.45) is 5.92 Å². The lowest BCUT2D eigenvalue weighted by Crippen LogP contribution is -2.54. The first-order valence-electron chi connectivity index (χ1n) is 7.90. The van der Waals surface area contributed by atoms with E-state index in [-0.39, 0.29) is 23.5 Å². The predicted octanol–water partition coefficient (Wildman–Crippen LogP) is 3.17. The molecule has 0 aromatic heterocycles. The van der Waals surface area contributed by atoms with E-state index < -0.39 is 11.6 Å². The average molecular weight is 311 g/mol. The van der Waals surface area contributed by atoms with Crippen molar-refractivity contribution in [1.29, 1.82) is 0 Å². The van der Waals surface area contributed by atoms with E-state index >= 15 is 0 Å². The van der Waals surface area contributed by atoms with Crippen LogP contribution in [0.4, 0.5) is 8.78 Å². The van der Waals surface area contributed by atoms with Crippen molar-refractivity contribution >= 4 is 5.91 Å². The van der Waals surface area contributed by atoms with Crippen LogP contribution >= 0.6 is 0 Å². The Balaban J connectivity index is 1.88. The van der Waals surface area contributed by atoms with Gasteiger partial charge in [0.1, 0.15) is 17.7 Å². The number of benzene rings is 1. The van der Waals surface area contributed by atoms with Gasteiger partial charge in [-0.15, -0.1) is 0 Å². The fourth-order valence-corrected chi connectivity index (χ4v) is 2.84. The first-order valence-corrected chi connectivity index (χ1v) is 7.90. The Morgan fingerprint density at radius 3 is 2.50 bits per heavy atom. The van der Waals surface area contributed by atoms with E-state index in [1.54, 1.807) is 4.90 Å². The quantitative estimate of drug-likeness (QED) is 0.774. The number of rotatable bonds is 7. The highest BCUT2D eigenvalue weighted by Gasteiger charge is 2.35. The molecule has 1 saturated heterocycles. The third-order valence-electron chi connectivity index (χ3n) is 4.02. The number of hydrogen-bond acceptors (Lipinski definition) is 2. The largest absolute Gasteiger partial charge is 0.369 e. The summed E-state index contributed by atoms with van der Waals surface area (Å²) in [6.07, 6.45) is 1.53. The molecule has 2 rings (SSSR count). The lowest BCUT2D eigenvalue weighted by atomic mass is 9.91. The lowest BCUT2D eigenvalue weighted by molar-refractivity contribution is -0.150. The topological polar surface area (TPSA) is 29.5 Å². The third-order valence-corrected chi connectivity index (χ3v) is 4.02. The standard InChI is InChI=1S/C17H23F2NO2/c1-3-6-16(22-4-2)17(21)20-10-12(11-20)9-13-14(18)7-5-8-15(13)19/h5,7-8,12,16H,3-4,6,9-11H2,1-2H3. The minimum atomic E-state index is -0.511. The average Bonchev–Trinajstić information content (AvgIpc) is 2.44. The number of hydrogen-bond donors (Lipinski definition) is 0. The molecule has 1 aromatic carbocycles. The van der Waals surface area contributed by atoms with E-state index in [4.69, 9.17) is 4.74 Å². The summed E-state index contributed by atoms with van der Waals surface area (Å²) >= 11 is 0. The fourth-order valence-electron chi connectivity index (χ4n) is 2.84. The second-order valence-corrected chi connectivity index (χ2v) is 5.75. The van der Waals surface area contributed by atoms with E-state index in [1.165, 1.54) is 18.2 Å². The molecule has 1 amide bonds. The van der Waals surface area contributed by atoms with Gasteiger partial charge in [0.2, 0.25) is 0 Å². The van der Waals surface area contributed by atoms with Crippen LogP contribution in [-0.2, 0) is 16.0 Å². The van der Waals surface area contributed by atoms with Crippen LogP contribution in [0, 0.1) is 17.6 Å². The van der Waals surface area contributed by atoms with Gasteiger partial charge < -0.3 is 9.64 Å². The molecule has 1 aliphatic heterocycles. The molecule has 1 heterocycles. The zero-order valence-corrected chi connectivity index (χ0v) is 13.1. The van der Waals surface area contributed by atoms with Crippen molar-refractivity contribution in [3.8, 4) is 0 Å². The van der Waals surface area contributed by atoms with Gasteiger partial charge in [0.05, 0.1) is 0 Å². The molecule has 0 N–H and O–H groups in total. The summed E-state index contributed by atoms with van der Waals surface area (Å²) in [6.45, 7) is 5.48. The minimum Gasteiger partial charge on any atom is -0.369 e. The number of halogens is 2. The normalized spacial score (nSPS) is 16.5. The molecule has 122 valence electrons. The molecule has 1 fully saturated rings. The summed E-state index contributed by atoms with van der Waals surface area (Å²) in [5.74, 6) is -0.917. The van der Waals surface area contributed by atoms with E-state index in [1.807, 2.05) is 13.8 Å². The van der Waals surface area contributed by atoms with Gasteiger partial charge in [0.15, 0.2) is 0 Å². The molecule has 22 heavy (non-hydrogen) atoms. The van der Waals surface area contributed by atoms with E-state index in [0.29, 0.717) is 32.5 Å². The van der Waals surface area contributed by atoms with Crippen LogP contribution in [-0.4, -0.2) is 36.6 Å². The molecule has 1 atom stereocenters. The van der Waals surface area contributed by atoms with Gasteiger partial charge >= 0.3 is 0 Å². The molecule has 3 nitrogen and oxygen atoms in total. The number of amides is 1. The number of carbonyl (C=O) groups excluding carboxylic acids is 1. The molecule has 0 aliphatic carbocycles. The summed E-state index contributed by atoms with van der Waals surface area (Å²) in [5.41, 5.74) is 0.120. The van der Waals surface area contributed by atoms with Crippen molar-refractivity contribution in [2.75, 3.05) is 19.7 Å². The highest BCUT2D eigenvalue weighted by Crippen LogP contribution is 2.25. The van der Waals surface area contributed by atoms with Gasteiger partial charge in [0, 0.05) is 25.3 Å². The van der Waals surface area contributed by atoms with Gasteiger partial charge in [-0.05, 0) is 37.8 Å². The summed E-state index contributed by atoms with van der Waals surface area (Å²) in [6, 6.07) is 3.90. The van der Waals surface area contributed by atoms with Crippen LogP contribution in [0.25, 0.3) is 0 Å². The summed E-state index contributed by atoms with van der Waals surface area (Å²) in [7, 11) is 0. The maximum atomic E-state index is 13.6. The Morgan fingerprint density at radius 1 is 1.32 bits per heavy atom. The van der Waals surface area contributed by atoms with E-state index in [2.05, 4.69) is 0 Å². The Morgan fingerprint density at radius 2 is 1.95 bits per heavy atom. The lowest BCUT2D eigenvalue weighted by Gasteiger charge is -2.41. The Bertz CT molecular complexity index is 489. The van der Waals surface area contributed by atoms with Crippen molar-refractivity contribution in [3.63, 3.8) is 0 Å². The molecular formula is C17H23F2NO2. The van der Waals surface area contributed by atoms with Crippen molar-refractivity contribution in [1.82, 2.24) is 4.90 Å². The second-order valence-electron chi connectivity index (χ2n) is 5.75. The van der Waals surface area contributed by atoms with Gasteiger partial charge in [-0.1, -0.05) is 19.4 Å². The Kier molecular flexibility index (Phi) is 5.89. The van der Waals surface area contributed by atoms with Crippen molar-refractivity contribution in [2.45, 2.75) is 39.2 Å². The summed E-state index contributed by atoms with van der Waals surface area (Å²) in [4.78, 5) is 14.0. The van der Waals surface area contributed by atoms with Crippen LogP contribution in [0.5, 0.6) is 0 Å². The number of carbonyl (C=O) groups is 1. The fraction of sp³-hybridized carbons (Fsp3) is 0.588. The van der Waals surface area contributed by atoms with Gasteiger partial charge in [-0.25, -0.2) is 8.78 Å². The minimum absolute atomic E-state index is 0.00560. The van der Waals surface area contributed by atoms with Crippen LogP contribution in [0.3, 0.4) is 0 Å². The third kappa shape index (κ3) is 3.83. The molecule has 0 saturated carbocycles. The van der Waals surface area contributed by atoms with Crippen LogP contribution in [0.15, 0.2) is 18.2 Å². The van der Waals surface area contributed by atoms with Crippen LogP contribution in [0.1, 0.15) is 32.3 Å². The van der Waals surface area contributed by atoms with Crippen LogP contribution in [0.2, 0.25) is 0 Å². The number of nitrogens with zero attached hydrogens (tertiary/aromatic N) is 1. The Labute approximate surface area is 130 Å². The second kappa shape index (κ2) is 7.68. The van der Waals surface area contributed by atoms with E-state index in [9.17, 15) is 13.6 Å². The molecule has 0 spiro atoms. The number of ether oxygens (including phenoxy) is 1.